The van der Waals surface area contributed by atoms with Crippen LogP contribution in [0.25, 0.3) is 21.7 Å². The highest BCUT2D eigenvalue weighted by Crippen LogP contribution is 2.15. The van der Waals surface area contributed by atoms with Gasteiger partial charge in [-0.25, -0.2) is 0 Å². The van der Waals surface area contributed by atoms with Crippen LogP contribution in [0.3, 0.4) is 0 Å². The third-order valence-electron chi connectivity index (χ3n) is 2.95. The molecule has 82 valence electrons. The van der Waals surface area contributed by atoms with Gasteiger partial charge >= 0.3 is 0 Å². The Bertz CT molecular complexity index is 778. The summed E-state index contributed by atoms with van der Waals surface area (Å²) >= 11 is 0. The van der Waals surface area contributed by atoms with Crippen LogP contribution in [0.15, 0.2) is 53.5 Å². The van der Waals surface area contributed by atoms with Gasteiger partial charge in [-0.2, -0.15) is 0 Å². The Labute approximate surface area is 98.6 Å². The molecule has 0 radical (unpaired) electrons. The lowest BCUT2D eigenvalue weighted by molar-refractivity contribution is 1.41. The van der Waals surface area contributed by atoms with E-state index in [4.69, 9.17) is 0 Å². The second kappa shape index (κ2) is 3.67. The zero-order valence-corrected chi connectivity index (χ0v) is 9.47. The molecule has 0 spiro atoms. The van der Waals surface area contributed by atoms with Crippen LogP contribution >= 0.6 is 0 Å². The quantitative estimate of drug-likeness (QED) is 0.584. The van der Waals surface area contributed by atoms with Crippen molar-refractivity contribution in [3.8, 4) is 0 Å². The SMILES string of the molecule is Cc1ccc2c(=O)c3ncccc3ccc2c1. The summed E-state index contributed by atoms with van der Waals surface area (Å²) in [7, 11) is 0. The van der Waals surface area contributed by atoms with Gasteiger partial charge in [0.25, 0.3) is 0 Å². The summed E-state index contributed by atoms with van der Waals surface area (Å²) in [6, 6.07) is 13.5. The number of rotatable bonds is 0. The van der Waals surface area contributed by atoms with E-state index in [1.807, 2.05) is 49.4 Å². The second-order valence-electron chi connectivity index (χ2n) is 4.19. The second-order valence-corrected chi connectivity index (χ2v) is 4.19. The Morgan fingerprint density at radius 1 is 1.00 bits per heavy atom. The van der Waals surface area contributed by atoms with Gasteiger partial charge in [0.15, 0.2) is 0 Å². The van der Waals surface area contributed by atoms with Crippen molar-refractivity contribution < 1.29 is 0 Å². The molecule has 0 aliphatic heterocycles. The fourth-order valence-corrected chi connectivity index (χ4v) is 2.08. The fourth-order valence-electron chi connectivity index (χ4n) is 2.08. The first-order valence-corrected chi connectivity index (χ1v) is 5.54. The molecule has 2 nitrogen and oxygen atoms in total. The summed E-state index contributed by atoms with van der Waals surface area (Å²) in [6.07, 6.45) is 1.66. The highest BCUT2D eigenvalue weighted by Gasteiger charge is 2.02. The molecule has 0 bridgehead atoms. The number of fused-ring (bicyclic) bond motifs is 2. The van der Waals surface area contributed by atoms with Crippen LogP contribution in [-0.2, 0) is 0 Å². The molecule has 0 saturated heterocycles. The molecule has 17 heavy (non-hydrogen) atoms. The molecule has 0 amide bonds. The van der Waals surface area contributed by atoms with Crippen molar-refractivity contribution in [3.63, 3.8) is 0 Å². The summed E-state index contributed by atoms with van der Waals surface area (Å²) in [4.78, 5) is 16.5. The molecule has 2 heteroatoms. The average Bonchev–Trinajstić information content (AvgIpc) is 2.48. The molecule has 1 heterocycles. The molecule has 0 aliphatic carbocycles. The molecule has 1 aromatic heterocycles. The van der Waals surface area contributed by atoms with Gasteiger partial charge in [0, 0.05) is 17.0 Å². The minimum Gasteiger partial charge on any atom is -0.287 e. The fraction of sp³-hybridized carbons (Fsp3) is 0.0667. The zero-order valence-electron chi connectivity index (χ0n) is 9.47. The van der Waals surface area contributed by atoms with Gasteiger partial charge in [-0.15, -0.1) is 0 Å². The van der Waals surface area contributed by atoms with E-state index in [1.54, 1.807) is 6.20 Å². The van der Waals surface area contributed by atoms with E-state index >= 15 is 0 Å². The lowest BCUT2D eigenvalue weighted by Crippen LogP contribution is -2.00. The Balaban J connectivity index is 2.63. The van der Waals surface area contributed by atoms with Crippen LogP contribution < -0.4 is 5.43 Å². The van der Waals surface area contributed by atoms with Crippen LogP contribution in [-0.4, -0.2) is 4.98 Å². The standard InChI is InChI=1S/C15H11NO/c1-10-4-7-13-12(9-10)6-5-11-3-2-8-16-14(11)15(13)17/h2-9H,1H3. The minimum atomic E-state index is 0.000556. The zero-order chi connectivity index (χ0) is 11.8. The predicted molar refractivity (Wildman–Crippen MR) is 70.3 cm³/mol. The van der Waals surface area contributed by atoms with E-state index in [1.165, 1.54) is 0 Å². The number of hydrogen-bond acceptors (Lipinski definition) is 2. The molecule has 3 rings (SSSR count). The smallest absolute Gasteiger partial charge is 0.212 e. The Kier molecular flexibility index (Phi) is 2.15. The van der Waals surface area contributed by atoms with Gasteiger partial charge in [0.1, 0.15) is 5.52 Å². The van der Waals surface area contributed by atoms with Gasteiger partial charge < -0.3 is 0 Å². The lowest BCUT2D eigenvalue weighted by atomic mass is 10.1. The first-order valence-electron chi connectivity index (χ1n) is 5.54. The van der Waals surface area contributed by atoms with Gasteiger partial charge in [-0.05, 0) is 18.4 Å². The highest BCUT2D eigenvalue weighted by atomic mass is 16.1. The van der Waals surface area contributed by atoms with Gasteiger partial charge in [-0.1, -0.05) is 42.0 Å². The van der Waals surface area contributed by atoms with Gasteiger partial charge in [-0.3, -0.25) is 9.78 Å². The third-order valence-corrected chi connectivity index (χ3v) is 2.95. The minimum absolute atomic E-state index is 0.000556. The summed E-state index contributed by atoms with van der Waals surface area (Å²) in [6.45, 7) is 2.02. The van der Waals surface area contributed by atoms with E-state index in [0.717, 1.165) is 21.7 Å². The predicted octanol–water partition coefficient (Wildman–Crippen LogP) is 3.06. The molecule has 0 fully saturated rings. The number of aryl methyl sites for hydroxylation is 1. The van der Waals surface area contributed by atoms with Crippen molar-refractivity contribution in [1.82, 2.24) is 4.98 Å². The van der Waals surface area contributed by atoms with E-state index in [9.17, 15) is 4.79 Å². The van der Waals surface area contributed by atoms with Crippen LogP contribution in [0.2, 0.25) is 0 Å². The number of pyridine rings is 1. The monoisotopic (exact) mass is 221 g/mol. The number of hydrogen-bond donors (Lipinski definition) is 0. The first kappa shape index (κ1) is 9.97. The third kappa shape index (κ3) is 1.58. The van der Waals surface area contributed by atoms with Crippen LogP contribution in [0.1, 0.15) is 5.56 Å². The van der Waals surface area contributed by atoms with E-state index in [2.05, 4.69) is 4.98 Å². The van der Waals surface area contributed by atoms with Gasteiger partial charge in [0.05, 0.1) is 0 Å². The van der Waals surface area contributed by atoms with Crippen molar-refractivity contribution in [2.75, 3.05) is 0 Å². The maximum Gasteiger partial charge on any atom is 0.212 e. The summed E-state index contributed by atoms with van der Waals surface area (Å²) in [5, 5.41) is 2.57. The molecule has 0 aliphatic rings. The summed E-state index contributed by atoms with van der Waals surface area (Å²) in [5.74, 6) is 0. The van der Waals surface area contributed by atoms with Gasteiger partial charge in [0.2, 0.25) is 5.43 Å². The normalized spacial score (nSPS) is 10.9. The molecule has 0 N–H and O–H groups in total. The Morgan fingerprint density at radius 3 is 2.71 bits per heavy atom. The van der Waals surface area contributed by atoms with Crippen molar-refractivity contribution in [3.05, 3.63) is 64.4 Å². The molecule has 2 aromatic carbocycles. The van der Waals surface area contributed by atoms with Crippen molar-refractivity contribution in [2.45, 2.75) is 6.92 Å². The van der Waals surface area contributed by atoms with E-state index < -0.39 is 0 Å². The molecule has 3 aromatic rings. The first-order chi connectivity index (χ1) is 8.25. The molecule has 0 saturated carbocycles. The van der Waals surface area contributed by atoms with Crippen LogP contribution in [0.4, 0.5) is 0 Å². The Hall–Kier alpha value is -2.22. The van der Waals surface area contributed by atoms with Crippen molar-refractivity contribution >= 4 is 21.7 Å². The maximum absolute atomic E-state index is 12.3. The molecule has 0 unspecified atom stereocenters. The number of nitrogens with zero attached hydrogens (tertiary/aromatic N) is 1. The average molecular weight is 221 g/mol. The van der Waals surface area contributed by atoms with E-state index in [-0.39, 0.29) is 5.43 Å². The summed E-state index contributed by atoms with van der Waals surface area (Å²) in [5.41, 5.74) is 1.69. The van der Waals surface area contributed by atoms with Crippen molar-refractivity contribution in [2.24, 2.45) is 0 Å². The van der Waals surface area contributed by atoms with E-state index in [0.29, 0.717) is 5.52 Å². The van der Waals surface area contributed by atoms with Crippen LogP contribution in [0.5, 0.6) is 0 Å². The molecular weight excluding hydrogens is 210 g/mol. The lowest BCUT2D eigenvalue weighted by Gasteiger charge is -1.93. The number of benzene rings is 1. The molecule has 0 atom stereocenters. The van der Waals surface area contributed by atoms with Crippen molar-refractivity contribution in [1.29, 1.82) is 0 Å². The maximum atomic E-state index is 12.3. The summed E-state index contributed by atoms with van der Waals surface area (Å²) < 4.78 is 0. The topological polar surface area (TPSA) is 30.0 Å². The molecular formula is C15H11NO. The highest BCUT2D eigenvalue weighted by molar-refractivity contribution is 5.91. The largest absolute Gasteiger partial charge is 0.287 e. The van der Waals surface area contributed by atoms with Crippen LogP contribution in [0, 0.1) is 6.92 Å². The Morgan fingerprint density at radius 2 is 1.82 bits per heavy atom. The number of aromatic nitrogens is 1.